The van der Waals surface area contributed by atoms with Crippen LogP contribution in [0, 0.1) is 0 Å². The Labute approximate surface area is 176 Å². The van der Waals surface area contributed by atoms with E-state index in [9.17, 15) is 24.3 Å². The molecule has 160 valence electrons. The molecule has 1 aromatic carbocycles. The van der Waals surface area contributed by atoms with E-state index in [1.165, 1.54) is 35.9 Å². The van der Waals surface area contributed by atoms with Gasteiger partial charge >= 0.3 is 4.87 Å². The first-order valence-electron chi connectivity index (χ1n) is 9.40. The molecule has 1 saturated heterocycles. The standard InChI is InChI=1S/C19H23N5O5S/c1-11(25)20-8-7-16(27)24-9-14(18-22-23(2)19(29)30-18)15(10-24)21-17(28)12-3-5-13(26)6-4-12/h3-6,14-15,26H,7-10H2,1-2H3,(H,20,25)(H,21,28)/t14-,15+/m0/s1. The number of nitrogens with zero attached hydrogens (tertiary/aromatic N) is 3. The number of amides is 3. The molecule has 0 bridgehead atoms. The summed E-state index contributed by atoms with van der Waals surface area (Å²) in [5, 5.41) is 19.7. The van der Waals surface area contributed by atoms with Crippen LogP contribution in [0.5, 0.6) is 5.75 Å². The minimum Gasteiger partial charge on any atom is -0.508 e. The van der Waals surface area contributed by atoms with E-state index in [4.69, 9.17) is 0 Å². The van der Waals surface area contributed by atoms with Crippen LogP contribution in [0.25, 0.3) is 0 Å². The first kappa shape index (κ1) is 21.5. The molecule has 3 amide bonds. The Hall–Kier alpha value is -3.21. The number of phenols is 1. The lowest BCUT2D eigenvalue weighted by atomic mass is 10.0. The van der Waals surface area contributed by atoms with Gasteiger partial charge in [-0.25, -0.2) is 4.68 Å². The van der Waals surface area contributed by atoms with Crippen molar-refractivity contribution >= 4 is 29.1 Å². The highest BCUT2D eigenvalue weighted by atomic mass is 32.1. The molecule has 2 heterocycles. The van der Waals surface area contributed by atoms with E-state index >= 15 is 0 Å². The van der Waals surface area contributed by atoms with Gasteiger partial charge in [-0.15, -0.1) is 0 Å². The summed E-state index contributed by atoms with van der Waals surface area (Å²) in [6.45, 7) is 2.20. The molecule has 30 heavy (non-hydrogen) atoms. The Bertz CT molecular complexity index is 999. The third-order valence-corrected chi connectivity index (χ3v) is 5.89. The summed E-state index contributed by atoms with van der Waals surface area (Å²) in [6.07, 6.45) is 0.142. The molecule has 0 unspecified atom stereocenters. The van der Waals surface area contributed by atoms with Crippen LogP contribution in [0.4, 0.5) is 0 Å². The van der Waals surface area contributed by atoms with Gasteiger partial charge in [-0.2, -0.15) is 5.10 Å². The Morgan fingerprint density at radius 1 is 1.23 bits per heavy atom. The third kappa shape index (κ3) is 5.03. The largest absolute Gasteiger partial charge is 0.508 e. The fourth-order valence-corrected chi connectivity index (χ4v) is 4.19. The highest BCUT2D eigenvalue weighted by molar-refractivity contribution is 7.09. The van der Waals surface area contributed by atoms with Gasteiger partial charge < -0.3 is 20.6 Å². The quantitative estimate of drug-likeness (QED) is 0.578. The fourth-order valence-electron chi connectivity index (χ4n) is 3.29. The highest BCUT2D eigenvalue weighted by Gasteiger charge is 2.39. The van der Waals surface area contributed by atoms with E-state index in [2.05, 4.69) is 15.7 Å². The number of aromatic nitrogens is 2. The van der Waals surface area contributed by atoms with Crippen molar-refractivity contribution in [1.82, 2.24) is 25.3 Å². The molecule has 3 N–H and O–H groups in total. The molecule has 0 aliphatic carbocycles. The summed E-state index contributed by atoms with van der Waals surface area (Å²) in [5.41, 5.74) is 0.371. The van der Waals surface area contributed by atoms with E-state index in [1.807, 2.05) is 0 Å². The van der Waals surface area contributed by atoms with Crippen molar-refractivity contribution < 1.29 is 19.5 Å². The van der Waals surface area contributed by atoms with Gasteiger partial charge in [0.15, 0.2) is 0 Å². The second-order valence-corrected chi connectivity index (χ2v) is 8.07. The molecular weight excluding hydrogens is 410 g/mol. The summed E-state index contributed by atoms with van der Waals surface area (Å²) < 4.78 is 1.24. The van der Waals surface area contributed by atoms with E-state index in [0.717, 1.165) is 11.3 Å². The van der Waals surface area contributed by atoms with Crippen LogP contribution >= 0.6 is 11.3 Å². The number of aryl methyl sites for hydroxylation is 1. The van der Waals surface area contributed by atoms with Crippen LogP contribution in [0.15, 0.2) is 29.1 Å². The van der Waals surface area contributed by atoms with Crippen LogP contribution in [0.2, 0.25) is 0 Å². The minimum atomic E-state index is -0.429. The van der Waals surface area contributed by atoms with Gasteiger partial charge in [0, 0.05) is 45.6 Å². The molecule has 1 aromatic heterocycles. The Morgan fingerprint density at radius 2 is 1.93 bits per heavy atom. The van der Waals surface area contributed by atoms with Crippen molar-refractivity contribution in [3.63, 3.8) is 0 Å². The van der Waals surface area contributed by atoms with Crippen molar-refractivity contribution in [1.29, 1.82) is 0 Å². The lowest BCUT2D eigenvalue weighted by molar-refractivity contribution is -0.130. The maximum Gasteiger partial charge on any atom is 0.324 e. The van der Waals surface area contributed by atoms with Gasteiger partial charge in [0.1, 0.15) is 10.8 Å². The normalized spacial score (nSPS) is 18.3. The summed E-state index contributed by atoms with van der Waals surface area (Å²) in [6, 6.07) is 5.42. The number of aromatic hydroxyl groups is 1. The molecule has 10 nitrogen and oxygen atoms in total. The number of phenolic OH excluding ortho intramolecular Hbond substituents is 1. The van der Waals surface area contributed by atoms with Gasteiger partial charge in [0.05, 0.1) is 12.0 Å². The van der Waals surface area contributed by atoms with Crippen LogP contribution in [0.1, 0.15) is 34.6 Å². The summed E-state index contributed by atoms with van der Waals surface area (Å²) >= 11 is 0.993. The molecule has 0 radical (unpaired) electrons. The van der Waals surface area contributed by atoms with E-state index in [1.54, 1.807) is 11.9 Å². The summed E-state index contributed by atoms with van der Waals surface area (Å²) in [7, 11) is 1.55. The second-order valence-electron chi connectivity index (χ2n) is 7.09. The van der Waals surface area contributed by atoms with Crippen molar-refractivity contribution in [2.45, 2.75) is 25.3 Å². The minimum absolute atomic E-state index is 0.0551. The number of carbonyl (C=O) groups excluding carboxylic acids is 3. The lowest BCUT2D eigenvalue weighted by Crippen LogP contribution is -2.40. The zero-order valence-corrected chi connectivity index (χ0v) is 17.4. The number of benzene rings is 1. The topological polar surface area (TPSA) is 134 Å². The Kier molecular flexibility index (Phi) is 6.50. The van der Waals surface area contributed by atoms with Crippen molar-refractivity contribution in [3.05, 3.63) is 44.5 Å². The monoisotopic (exact) mass is 433 g/mol. The average Bonchev–Trinajstić information content (AvgIpc) is 3.25. The first-order chi connectivity index (χ1) is 14.2. The van der Waals surface area contributed by atoms with Gasteiger partial charge in [-0.05, 0) is 24.3 Å². The molecule has 0 spiro atoms. The zero-order valence-electron chi connectivity index (χ0n) is 16.6. The fraction of sp³-hybridized carbons (Fsp3) is 0.421. The van der Waals surface area contributed by atoms with Crippen molar-refractivity contribution in [3.8, 4) is 5.75 Å². The molecule has 2 atom stereocenters. The summed E-state index contributed by atoms with van der Waals surface area (Å²) in [5.74, 6) is -0.979. The molecular formula is C19H23N5O5S. The molecule has 1 aliphatic heterocycles. The lowest BCUT2D eigenvalue weighted by Gasteiger charge is -2.18. The van der Waals surface area contributed by atoms with Crippen LogP contribution in [0.3, 0.4) is 0 Å². The van der Waals surface area contributed by atoms with Crippen molar-refractivity contribution in [2.75, 3.05) is 19.6 Å². The van der Waals surface area contributed by atoms with Crippen LogP contribution in [-0.4, -0.2) is 63.2 Å². The van der Waals surface area contributed by atoms with E-state index in [0.29, 0.717) is 17.1 Å². The van der Waals surface area contributed by atoms with Gasteiger partial charge in [0.2, 0.25) is 11.8 Å². The number of rotatable bonds is 6. The maximum absolute atomic E-state index is 12.7. The SMILES string of the molecule is CC(=O)NCCC(=O)N1C[C@H](c2nn(C)c(=O)s2)[C@H](NC(=O)c2ccc(O)cc2)C1. The number of hydrogen-bond donors (Lipinski definition) is 3. The van der Waals surface area contributed by atoms with Gasteiger partial charge in [-0.1, -0.05) is 11.3 Å². The van der Waals surface area contributed by atoms with Gasteiger partial charge in [0.25, 0.3) is 5.91 Å². The molecule has 1 fully saturated rings. The summed E-state index contributed by atoms with van der Waals surface area (Å²) in [4.78, 5) is 49.5. The number of likely N-dealkylation sites (tertiary alicyclic amines) is 1. The average molecular weight is 433 g/mol. The smallest absolute Gasteiger partial charge is 0.324 e. The number of carbonyl (C=O) groups is 3. The Balaban J connectivity index is 1.75. The second kappa shape index (κ2) is 9.08. The maximum atomic E-state index is 12.7. The van der Waals surface area contributed by atoms with Crippen LogP contribution in [-0.2, 0) is 16.6 Å². The zero-order chi connectivity index (χ0) is 21.8. The van der Waals surface area contributed by atoms with Gasteiger partial charge in [-0.3, -0.25) is 19.2 Å². The molecule has 3 rings (SSSR count). The molecule has 0 saturated carbocycles. The number of nitrogens with one attached hydrogen (secondary N) is 2. The number of hydrogen-bond acceptors (Lipinski definition) is 7. The Morgan fingerprint density at radius 3 is 2.53 bits per heavy atom. The molecule has 2 aromatic rings. The van der Waals surface area contributed by atoms with Crippen LogP contribution < -0.4 is 15.5 Å². The van der Waals surface area contributed by atoms with Crippen molar-refractivity contribution in [2.24, 2.45) is 7.05 Å². The molecule has 1 aliphatic rings. The van der Waals surface area contributed by atoms with E-state index in [-0.39, 0.29) is 53.8 Å². The van der Waals surface area contributed by atoms with E-state index < -0.39 is 6.04 Å². The highest BCUT2D eigenvalue weighted by Crippen LogP contribution is 2.28. The predicted molar refractivity (Wildman–Crippen MR) is 109 cm³/mol. The predicted octanol–water partition coefficient (Wildman–Crippen LogP) is -0.202. The third-order valence-electron chi connectivity index (χ3n) is 4.85. The molecule has 11 heteroatoms. The first-order valence-corrected chi connectivity index (χ1v) is 10.2.